The summed E-state index contributed by atoms with van der Waals surface area (Å²) in [7, 11) is 0. The molecular weight excluding hydrogens is 382 g/mol. The molecule has 28 heavy (non-hydrogen) atoms. The topological polar surface area (TPSA) is 73.9 Å². The Morgan fingerprint density at radius 3 is 2.71 bits per heavy atom. The molecular formula is C21H22ClNO5. The number of hydrogen-bond donors (Lipinski definition) is 1. The van der Waals surface area contributed by atoms with E-state index in [9.17, 15) is 9.59 Å². The molecule has 1 aliphatic heterocycles. The fourth-order valence-corrected chi connectivity index (χ4v) is 3.08. The summed E-state index contributed by atoms with van der Waals surface area (Å²) in [5, 5.41) is 3.30. The Bertz CT molecular complexity index is 852. The number of fused-ring (bicyclic) bond motifs is 1. The highest BCUT2D eigenvalue weighted by Gasteiger charge is 2.30. The summed E-state index contributed by atoms with van der Waals surface area (Å²) in [5.74, 6) is 0.0803. The summed E-state index contributed by atoms with van der Waals surface area (Å²) in [6.45, 7) is 4.22. The first kappa shape index (κ1) is 20.0. The zero-order valence-corrected chi connectivity index (χ0v) is 16.5. The second kappa shape index (κ2) is 8.97. The SMILES string of the molecule is CCOc1ccc(NC(=O)[C@@H](C)OC(=O)[C@@H]2COc3ccc(Cl)cc3C2)cc1. The Morgan fingerprint density at radius 2 is 2.00 bits per heavy atom. The molecule has 0 fully saturated rings. The van der Waals surface area contributed by atoms with Crippen molar-refractivity contribution in [2.45, 2.75) is 26.4 Å². The number of carbonyl (C=O) groups is 2. The van der Waals surface area contributed by atoms with Crippen molar-refractivity contribution in [1.29, 1.82) is 0 Å². The summed E-state index contributed by atoms with van der Waals surface area (Å²) in [4.78, 5) is 24.8. The number of halogens is 1. The molecule has 1 N–H and O–H groups in total. The van der Waals surface area contributed by atoms with Gasteiger partial charge in [0.1, 0.15) is 18.1 Å². The van der Waals surface area contributed by atoms with Crippen molar-refractivity contribution in [3.8, 4) is 11.5 Å². The van der Waals surface area contributed by atoms with Crippen LogP contribution < -0.4 is 14.8 Å². The van der Waals surface area contributed by atoms with Gasteiger partial charge in [-0.15, -0.1) is 0 Å². The maximum atomic E-state index is 12.4. The van der Waals surface area contributed by atoms with E-state index < -0.39 is 23.9 Å². The normalized spacial score (nSPS) is 16.3. The number of ether oxygens (including phenoxy) is 3. The van der Waals surface area contributed by atoms with Crippen LogP contribution in [0.2, 0.25) is 5.02 Å². The van der Waals surface area contributed by atoms with Gasteiger partial charge in [0.2, 0.25) is 0 Å². The zero-order valence-electron chi connectivity index (χ0n) is 15.7. The molecule has 1 aliphatic rings. The van der Waals surface area contributed by atoms with Crippen molar-refractivity contribution in [3.63, 3.8) is 0 Å². The molecule has 2 aromatic rings. The van der Waals surface area contributed by atoms with E-state index in [0.29, 0.717) is 23.7 Å². The van der Waals surface area contributed by atoms with Crippen LogP contribution in [0.5, 0.6) is 11.5 Å². The molecule has 0 bridgehead atoms. The molecule has 0 saturated heterocycles. The van der Waals surface area contributed by atoms with E-state index >= 15 is 0 Å². The van der Waals surface area contributed by atoms with Gasteiger partial charge in [0, 0.05) is 10.7 Å². The van der Waals surface area contributed by atoms with Crippen LogP contribution in [0.15, 0.2) is 42.5 Å². The number of amides is 1. The molecule has 0 aliphatic carbocycles. The first-order chi connectivity index (χ1) is 13.5. The number of benzene rings is 2. The quantitative estimate of drug-likeness (QED) is 0.741. The van der Waals surface area contributed by atoms with Crippen LogP contribution in [0, 0.1) is 5.92 Å². The minimum absolute atomic E-state index is 0.209. The fourth-order valence-electron chi connectivity index (χ4n) is 2.88. The predicted molar refractivity (Wildman–Crippen MR) is 106 cm³/mol. The van der Waals surface area contributed by atoms with E-state index in [1.54, 1.807) is 42.5 Å². The minimum atomic E-state index is -0.931. The van der Waals surface area contributed by atoms with Crippen molar-refractivity contribution < 1.29 is 23.8 Å². The van der Waals surface area contributed by atoms with Crippen molar-refractivity contribution >= 4 is 29.2 Å². The molecule has 0 radical (unpaired) electrons. The monoisotopic (exact) mass is 403 g/mol. The molecule has 3 rings (SSSR count). The zero-order chi connectivity index (χ0) is 20.1. The molecule has 0 unspecified atom stereocenters. The van der Waals surface area contributed by atoms with Gasteiger partial charge in [0.15, 0.2) is 6.10 Å². The molecule has 0 aromatic heterocycles. The fraction of sp³-hybridized carbons (Fsp3) is 0.333. The number of esters is 1. The first-order valence-electron chi connectivity index (χ1n) is 9.11. The summed E-state index contributed by atoms with van der Waals surface area (Å²) in [5.41, 5.74) is 1.45. The van der Waals surface area contributed by atoms with Crippen LogP contribution in [0.3, 0.4) is 0 Å². The van der Waals surface area contributed by atoms with Crippen LogP contribution in [0.1, 0.15) is 19.4 Å². The molecule has 1 amide bonds. The Morgan fingerprint density at radius 1 is 1.25 bits per heavy atom. The second-order valence-corrected chi connectivity index (χ2v) is 6.93. The standard InChI is InChI=1S/C21H22ClNO5/c1-3-26-18-7-5-17(6-8-18)23-20(24)13(2)28-21(25)15-10-14-11-16(22)4-9-19(14)27-12-15/h4-9,11,13,15H,3,10,12H2,1-2H3,(H,23,24)/t13-,15+/m1/s1. The molecule has 6 nitrogen and oxygen atoms in total. The van der Waals surface area contributed by atoms with E-state index in [1.807, 2.05) is 6.92 Å². The van der Waals surface area contributed by atoms with Gasteiger partial charge in [-0.3, -0.25) is 9.59 Å². The van der Waals surface area contributed by atoms with Gasteiger partial charge in [-0.1, -0.05) is 11.6 Å². The third kappa shape index (κ3) is 4.95. The lowest BCUT2D eigenvalue weighted by Crippen LogP contribution is -2.36. The number of anilines is 1. The average Bonchev–Trinajstić information content (AvgIpc) is 2.69. The highest BCUT2D eigenvalue weighted by atomic mass is 35.5. The van der Waals surface area contributed by atoms with Gasteiger partial charge in [0.25, 0.3) is 5.91 Å². The van der Waals surface area contributed by atoms with Crippen molar-refractivity contribution in [3.05, 3.63) is 53.1 Å². The van der Waals surface area contributed by atoms with Gasteiger partial charge in [-0.2, -0.15) is 0 Å². The molecule has 148 valence electrons. The van der Waals surface area contributed by atoms with Crippen LogP contribution in [-0.4, -0.2) is 31.2 Å². The lowest BCUT2D eigenvalue weighted by atomic mass is 9.97. The van der Waals surface area contributed by atoms with Gasteiger partial charge in [-0.05, 0) is 68.3 Å². The molecule has 2 aromatic carbocycles. The van der Waals surface area contributed by atoms with Crippen LogP contribution >= 0.6 is 11.6 Å². The highest BCUT2D eigenvalue weighted by Crippen LogP contribution is 2.30. The number of hydrogen-bond acceptors (Lipinski definition) is 5. The summed E-state index contributed by atoms with van der Waals surface area (Å²) >= 11 is 6.00. The number of carbonyl (C=O) groups excluding carboxylic acids is 2. The third-order valence-electron chi connectivity index (χ3n) is 4.36. The summed E-state index contributed by atoms with van der Waals surface area (Å²) in [6, 6.07) is 12.3. The number of nitrogens with one attached hydrogen (secondary N) is 1. The van der Waals surface area contributed by atoms with E-state index in [4.69, 9.17) is 25.8 Å². The van der Waals surface area contributed by atoms with Crippen LogP contribution in [0.25, 0.3) is 0 Å². The predicted octanol–water partition coefficient (Wildman–Crippen LogP) is 3.86. The van der Waals surface area contributed by atoms with Gasteiger partial charge < -0.3 is 19.5 Å². The summed E-state index contributed by atoms with van der Waals surface area (Å²) in [6.07, 6.45) is -0.470. The Kier molecular flexibility index (Phi) is 6.41. The minimum Gasteiger partial charge on any atom is -0.494 e. The van der Waals surface area contributed by atoms with Gasteiger partial charge >= 0.3 is 5.97 Å². The maximum absolute atomic E-state index is 12.4. The Balaban J connectivity index is 1.54. The number of rotatable bonds is 6. The third-order valence-corrected chi connectivity index (χ3v) is 4.59. The Hall–Kier alpha value is -2.73. The molecule has 0 spiro atoms. The van der Waals surface area contributed by atoms with Gasteiger partial charge in [-0.25, -0.2) is 0 Å². The smallest absolute Gasteiger partial charge is 0.313 e. The summed E-state index contributed by atoms with van der Waals surface area (Å²) < 4.78 is 16.3. The van der Waals surface area contributed by atoms with E-state index in [1.165, 1.54) is 6.92 Å². The van der Waals surface area contributed by atoms with E-state index in [-0.39, 0.29) is 6.61 Å². The second-order valence-electron chi connectivity index (χ2n) is 6.49. The van der Waals surface area contributed by atoms with Gasteiger partial charge in [0.05, 0.1) is 12.5 Å². The van der Waals surface area contributed by atoms with Crippen LogP contribution in [-0.2, 0) is 20.7 Å². The maximum Gasteiger partial charge on any atom is 0.313 e. The Labute approximate surface area is 168 Å². The largest absolute Gasteiger partial charge is 0.494 e. The first-order valence-corrected chi connectivity index (χ1v) is 9.49. The molecule has 2 atom stereocenters. The molecule has 1 heterocycles. The van der Waals surface area contributed by atoms with E-state index in [2.05, 4.69) is 5.32 Å². The average molecular weight is 404 g/mol. The van der Waals surface area contributed by atoms with Crippen LogP contribution in [0.4, 0.5) is 5.69 Å². The van der Waals surface area contributed by atoms with E-state index in [0.717, 1.165) is 17.1 Å². The molecule has 0 saturated carbocycles. The lowest BCUT2D eigenvalue weighted by Gasteiger charge is -2.25. The molecule has 7 heteroatoms. The lowest BCUT2D eigenvalue weighted by molar-refractivity contribution is -0.158. The van der Waals surface area contributed by atoms with Crippen molar-refractivity contribution in [2.24, 2.45) is 5.92 Å². The highest BCUT2D eigenvalue weighted by molar-refractivity contribution is 6.30. The van der Waals surface area contributed by atoms with Crippen molar-refractivity contribution in [1.82, 2.24) is 0 Å². The van der Waals surface area contributed by atoms with Crippen molar-refractivity contribution in [2.75, 3.05) is 18.5 Å².